The van der Waals surface area contributed by atoms with Crippen LogP contribution in [0.15, 0.2) is 54.6 Å². The van der Waals surface area contributed by atoms with Crippen molar-refractivity contribution in [3.63, 3.8) is 0 Å². The third-order valence-corrected chi connectivity index (χ3v) is 4.05. The molecule has 0 saturated heterocycles. The number of hydrogen-bond acceptors (Lipinski definition) is 3. The Morgan fingerprint density at radius 3 is 2.57 bits per heavy atom. The van der Waals surface area contributed by atoms with E-state index in [0.29, 0.717) is 17.7 Å². The predicted molar refractivity (Wildman–Crippen MR) is 88.9 cm³/mol. The molecule has 1 amide bonds. The Bertz CT molecular complexity index is 701. The van der Waals surface area contributed by atoms with Crippen LogP contribution in [0, 0.1) is 11.3 Å². The third-order valence-electron chi connectivity index (χ3n) is 4.05. The zero-order valence-electron chi connectivity index (χ0n) is 13.4. The fraction of sp³-hybridized carbons (Fsp3) is 0.263. The minimum absolute atomic E-state index is 0.215. The van der Waals surface area contributed by atoms with E-state index in [2.05, 4.69) is 5.32 Å². The molecule has 2 aromatic carbocycles. The van der Waals surface area contributed by atoms with E-state index in [1.165, 1.54) is 0 Å². The number of ether oxygens (including phenoxy) is 1. The van der Waals surface area contributed by atoms with E-state index < -0.39 is 5.60 Å². The second-order valence-electron chi connectivity index (χ2n) is 5.29. The van der Waals surface area contributed by atoms with Crippen LogP contribution in [0.1, 0.15) is 34.8 Å². The number of hydrogen-bond donors (Lipinski definition) is 1. The van der Waals surface area contributed by atoms with Crippen LogP contribution in [0.2, 0.25) is 0 Å². The van der Waals surface area contributed by atoms with Crippen molar-refractivity contribution in [1.82, 2.24) is 5.32 Å². The zero-order chi connectivity index (χ0) is 16.7. The molecule has 0 heterocycles. The van der Waals surface area contributed by atoms with Gasteiger partial charge in [-0.05, 0) is 30.2 Å². The van der Waals surface area contributed by atoms with Crippen molar-refractivity contribution >= 4 is 5.91 Å². The van der Waals surface area contributed by atoms with Gasteiger partial charge in [-0.3, -0.25) is 4.79 Å². The molecular weight excluding hydrogens is 288 g/mol. The fourth-order valence-electron chi connectivity index (χ4n) is 2.56. The number of benzene rings is 2. The average molecular weight is 308 g/mol. The van der Waals surface area contributed by atoms with Gasteiger partial charge >= 0.3 is 0 Å². The van der Waals surface area contributed by atoms with E-state index in [9.17, 15) is 4.79 Å². The quantitative estimate of drug-likeness (QED) is 0.891. The number of nitrogens with one attached hydrogen (secondary N) is 1. The highest BCUT2D eigenvalue weighted by atomic mass is 16.5. The zero-order valence-corrected chi connectivity index (χ0v) is 13.4. The van der Waals surface area contributed by atoms with Crippen molar-refractivity contribution in [1.29, 1.82) is 5.26 Å². The predicted octanol–water partition coefficient (Wildman–Crippen LogP) is 3.24. The Morgan fingerprint density at radius 2 is 1.96 bits per heavy atom. The second kappa shape index (κ2) is 7.57. The Kier molecular flexibility index (Phi) is 5.51. The summed E-state index contributed by atoms with van der Waals surface area (Å²) < 4.78 is 5.74. The van der Waals surface area contributed by atoms with Gasteiger partial charge in [0.05, 0.1) is 18.2 Å². The summed E-state index contributed by atoms with van der Waals surface area (Å²) in [5, 5.41) is 11.8. The van der Waals surface area contributed by atoms with Crippen molar-refractivity contribution in [3.8, 4) is 6.07 Å². The molecule has 2 rings (SSSR count). The molecule has 0 bridgehead atoms. The van der Waals surface area contributed by atoms with Crippen molar-refractivity contribution < 1.29 is 9.53 Å². The van der Waals surface area contributed by atoms with Gasteiger partial charge in [0.15, 0.2) is 0 Å². The van der Waals surface area contributed by atoms with E-state index in [1.807, 2.05) is 43.3 Å². The lowest BCUT2D eigenvalue weighted by Crippen LogP contribution is -2.41. The number of nitrogens with zero attached hydrogens (tertiary/aromatic N) is 1. The molecule has 1 N–H and O–H groups in total. The number of carbonyl (C=O) groups excluding carboxylic acids is 1. The Morgan fingerprint density at radius 1 is 1.22 bits per heavy atom. The molecule has 0 aliphatic carbocycles. The molecule has 0 fully saturated rings. The number of nitriles is 1. The van der Waals surface area contributed by atoms with Gasteiger partial charge in [-0.25, -0.2) is 0 Å². The van der Waals surface area contributed by atoms with Crippen LogP contribution in [0.5, 0.6) is 0 Å². The number of rotatable bonds is 6. The number of methoxy groups -OCH3 is 1. The van der Waals surface area contributed by atoms with Crippen LogP contribution in [0.3, 0.4) is 0 Å². The average Bonchev–Trinajstić information content (AvgIpc) is 2.63. The largest absolute Gasteiger partial charge is 0.372 e. The first-order valence-electron chi connectivity index (χ1n) is 7.54. The van der Waals surface area contributed by atoms with Gasteiger partial charge in [-0.1, -0.05) is 43.3 Å². The summed E-state index contributed by atoms with van der Waals surface area (Å²) in [6, 6.07) is 18.5. The first kappa shape index (κ1) is 16.7. The fourth-order valence-corrected chi connectivity index (χ4v) is 2.56. The normalized spacial score (nSPS) is 12.9. The summed E-state index contributed by atoms with van der Waals surface area (Å²) in [6.07, 6.45) is 0.728. The lowest BCUT2D eigenvalue weighted by molar-refractivity contribution is -0.0164. The van der Waals surface area contributed by atoms with Crippen LogP contribution in [0.25, 0.3) is 0 Å². The maximum absolute atomic E-state index is 12.3. The van der Waals surface area contributed by atoms with Gasteiger partial charge < -0.3 is 10.1 Å². The molecule has 4 heteroatoms. The standard InChI is InChI=1S/C19H20N2O2/c1-3-19(23-2,17-10-5-4-6-11-17)14-21-18(22)16-9-7-8-15(12-16)13-20/h4-12H,3,14H2,1-2H3,(H,21,22)/t19-/m0/s1. The third kappa shape index (κ3) is 3.77. The molecule has 0 aliphatic rings. The summed E-state index contributed by atoms with van der Waals surface area (Å²) in [4.78, 5) is 12.3. The Labute approximate surface area is 136 Å². The van der Waals surface area contributed by atoms with E-state index in [4.69, 9.17) is 10.00 Å². The highest BCUT2D eigenvalue weighted by molar-refractivity contribution is 5.94. The minimum Gasteiger partial charge on any atom is -0.372 e. The molecule has 118 valence electrons. The van der Waals surface area contributed by atoms with E-state index in [1.54, 1.807) is 31.4 Å². The van der Waals surface area contributed by atoms with Gasteiger partial charge in [0.1, 0.15) is 5.60 Å². The van der Waals surface area contributed by atoms with Crippen molar-refractivity contribution in [2.24, 2.45) is 0 Å². The van der Waals surface area contributed by atoms with Crippen LogP contribution >= 0.6 is 0 Å². The molecule has 1 atom stereocenters. The topological polar surface area (TPSA) is 62.1 Å². The van der Waals surface area contributed by atoms with Gasteiger partial charge in [0, 0.05) is 12.7 Å². The lowest BCUT2D eigenvalue weighted by atomic mass is 9.90. The molecule has 23 heavy (non-hydrogen) atoms. The molecule has 2 aromatic rings. The van der Waals surface area contributed by atoms with E-state index in [-0.39, 0.29) is 5.91 Å². The molecule has 0 aliphatic heterocycles. The van der Waals surface area contributed by atoms with Gasteiger partial charge in [-0.2, -0.15) is 5.26 Å². The first-order chi connectivity index (χ1) is 11.1. The molecule has 0 unspecified atom stereocenters. The molecule has 0 saturated carbocycles. The second-order valence-corrected chi connectivity index (χ2v) is 5.29. The smallest absolute Gasteiger partial charge is 0.251 e. The highest BCUT2D eigenvalue weighted by Crippen LogP contribution is 2.28. The molecular formula is C19H20N2O2. The van der Waals surface area contributed by atoms with Crippen molar-refractivity contribution in [2.45, 2.75) is 18.9 Å². The lowest BCUT2D eigenvalue weighted by Gasteiger charge is -2.32. The minimum atomic E-state index is -0.566. The summed E-state index contributed by atoms with van der Waals surface area (Å²) >= 11 is 0. The van der Waals surface area contributed by atoms with Gasteiger partial charge in [-0.15, -0.1) is 0 Å². The van der Waals surface area contributed by atoms with Crippen LogP contribution < -0.4 is 5.32 Å². The first-order valence-corrected chi connectivity index (χ1v) is 7.54. The van der Waals surface area contributed by atoms with Crippen molar-refractivity contribution in [2.75, 3.05) is 13.7 Å². The van der Waals surface area contributed by atoms with E-state index >= 15 is 0 Å². The SMILES string of the molecule is CC[C@@](CNC(=O)c1cccc(C#N)c1)(OC)c1ccccc1. The van der Waals surface area contributed by atoms with Crippen molar-refractivity contribution in [3.05, 3.63) is 71.3 Å². The van der Waals surface area contributed by atoms with Crippen LogP contribution in [-0.2, 0) is 10.3 Å². The molecule has 4 nitrogen and oxygen atoms in total. The summed E-state index contributed by atoms with van der Waals surface area (Å²) in [5.41, 5.74) is 1.40. The molecule has 0 radical (unpaired) electrons. The maximum Gasteiger partial charge on any atom is 0.251 e. The molecule has 0 spiro atoms. The summed E-state index contributed by atoms with van der Waals surface area (Å²) in [6.45, 7) is 2.39. The molecule has 0 aromatic heterocycles. The summed E-state index contributed by atoms with van der Waals surface area (Å²) in [5.74, 6) is -0.215. The van der Waals surface area contributed by atoms with Crippen LogP contribution in [-0.4, -0.2) is 19.6 Å². The maximum atomic E-state index is 12.3. The summed E-state index contributed by atoms with van der Waals surface area (Å²) in [7, 11) is 1.65. The number of carbonyl (C=O) groups is 1. The highest BCUT2D eigenvalue weighted by Gasteiger charge is 2.30. The van der Waals surface area contributed by atoms with Crippen LogP contribution in [0.4, 0.5) is 0 Å². The van der Waals surface area contributed by atoms with E-state index in [0.717, 1.165) is 12.0 Å². The Balaban J connectivity index is 2.16. The number of amides is 1. The Hall–Kier alpha value is -2.64. The van der Waals surface area contributed by atoms with Gasteiger partial charge in [0.2, 0.25) is 0 Å². The monoisotopic (exact) mass is 308 g/mol. The van der Waals surface area contributed by atoms with Gasteiger partial charge in [0.25, 0.3) is 5.91 Å².